The molecule has 1 heterocycles. The van der Waals surface area contributed by atoms with Gasteiger partial charge in [0.15, 0.2) is 11.6 Å². The van der Waals surface area contributed by atoms with Crippen LogP contribution in [0.25, 0.3) is 4.85 Å². The lowest BCUT2D eigenvalue weighted by Crippen LogP contribution is -2.75. The molecular weight excluding hydrogens is 840 g/mol. The summed E-state index contributed by atoms with van der Waals surface area (Å²) in [5.41, 5.74) is -3.12. The number of carbonyl (C=O) groups is 5. The van der Waals surface area contributed by atoms with Gasteiger partial charge in [-0.2, -0.15) is 0 Å². The lowest BCUT2D eigenvalue weighted by atomic mass is 9.28. The van der Waals surface area contributed by atoms with Crippen LogP contribution in [-0.2, 0) is 39.9 Å². The SMILES string of the molecule is CC(C)C1=C2[C@@](C(=O)CN(Cc3ccc(Cl)cc3)C(=O)OC(C)(C)C)(CC[C@]3(C)[C@]2(C)CC[C@H]2[C@@]3(C)CC[C@@]34[N+]#C[C@]3(C)[C@@H](OC(=O)CC(C)(C)C(=O)OC(C)(C)C)CC[C@]24C)CC1=O. The van der Waals surface area contributed by atoms with E-state index < -0.39 is 62.5 Å². The van der Waals surface area contributed by atoms with Crippen molar-refractivity contribution in [1.82, 2.24) is 4.90 Å². The monoisotopic (exact) mass is 916 g/mol. The first-order valence-corrected chi connectivity index (χ1v) is 24.6. The van der Waals surface area contributed by atoms with Gasteiger partial charge < -0.3 is 14.2 Å². The molecule has 356 valence electrons. The number of rotatable bonds is 10. The topological polar surface area (TPSA) is 121 Å². The number of amides is 1. The fourth-order valence-electron chi connectivity index (χ4n) is 14.6. The van der Waals surface area contributed by atoms with Crippen molar-refractivity contribution >= 4 is 41.2 Å². The summed E-state index contributed by atoms with van der Waals surface area (Å²) in [5.74, 6) is -0.704. The molecule has 1 amide bonds. The van der Waals surface area contributed by atoms with Crippen LogP contribution < -0.4 is 0 Å². The zero-order chi connectivity index (χ0) is 48.4. The number of ketones is 2. The Bertz CT molecular complexity index is 2280. The van der Waals surface area contributed by atoms with E-state index in [-0.39, 0.29) is 65.6 Å². The minimum Gasteiger partial charge on any atom is -0.460 e. The molecule has 65 heavy (non-hydrogen) atoms. The molecule has 0 N–H and O–H groups in total. The summed E-state index contributed by atoms with van der Waals surface area (Å²) < 4.78 is 17.9. The van der Waals surface area contributed by atoms with Crippen LogP contribution in [0.1, 0.15) is 174 Å². The number of esters is 2. The number of Topliss-reactive ketones (excluding diaryl/α,β-unsaturated/α-hetero) is 2. The summed E-state index contributed by atoms with van der Waals surface area (Å²) in [6.07, 6.45) is 5.22. The van der Waals surface area contributed by atoms with Crippen LogP contribution in [0.3, 0.4) is 0 Å². The van der Waals surface area contributed by atoms with Crippen LogP contribution in [0.5, 0.6) is 0 Å². The average Bonchev–Trinajstić information content (AvgIpc) is 3.50. The van der Waals surface area contributed by atoms with E-state index in [0.717, 1.165) is 55.2 Å². The highest BCUT2D eigenvalue weighted by atomic mass is 35.5. The van der Waals surface area contributed by atoms with Crippen LogP contribution in [-0.4, -0.2) is 63.9 Å². The van der Waals surface area contributed by atoms with E-state index in [1.165, 1.54) is 4.90 Å². The first kappa shape index (κ1) is 49.2. The van der Waals surface area contributed by atoms with E-state index in [4.69, 9.17) is 30.7 Å². The molecule has 0 unspecified atom stereocenters. The molecule has 10 nitrogen and oxygen atoms in total. The normalized spacial score (nSPS) is 36.1. The molecule has 0 bridgehead atoms. The fourth-order valence-corrected chi connectivity index (χ4v) is 14.7. The molecule has 5 aliphatic carbocycles. The molecule has 1 spiro atoms. The maximum Gasteiger partial charge on any atom is 0.410 e. The third kappa shape index (κ3) is 7.50. The van der Waals surface area contributed by atoms with Gasteiger partial charge in [-0.1, -0.05) is 70.1 Å². The number of halogens is 1. The van der Waals surface area contributed by atoms with Crippen molar-refractivity contribution < 1.29 is 38.2 Å². The Morgan fingerprint density at radius 1 is 0.831 bits per heavy atom. The van der Waals surface area contributed by atoms with Gasteiger partial charge in [0.25, 0.3) is 6.07 Å². The smallest absolute Gasteiger partial charge is 0.410 e. The number of carbonyl (C=O) groups excluding carboxylic acids is 5. The zero-order valence-electron chi connectivity index (χ0n) is 42.1. The minimum absolute atomic E-state index is 0.0506. The molecule has 6 aliphatic rings. The predicted octanol–water partition coefficient (Wildman–Crippen LogP) is 12.1. The van der Waals surface area contributed by atoms with E-state index in [0.29, 0.717) is 17.9 Å². The van der Waals surface area contributed by atoms with Crippen LogP contribution >= 0.6 is 11.6 Å². The van der Waals surface area contributed by atoms with Crippen molar-refractivity contribution in [3.8, 4) is 6.07 Å². The first-order chi connectivity index (χ1) is 29.7. The first-order valence-electron chi connectivity index (χ1n) is 24.2. The molecule has 0 radical (unpaired) electrons. The van der Waals surface area contributed by atoms with Gasteiger partial charge in [0.1, 0.15) is 17.3 Å². The second-order valence-corrected chi connectivity index (χ2v) is 25.4. The molecule has 0 saturated heterocycles. The lowest BCUT2D eigenvalue weighted by Gasteiger charge is -2.74. The molecule has 1 aliphatic heterocycles. The number of fused-ring (bicyclic) bond motifs is 6. The summed E-state index contributed by atoms with van der Waals surface area (Å²) in [7, 11) is 0. The molecule has 9 atom stereocenters. The van der Waals surface area contributed by atoms with E-state index in [1.807, 2.05) is 53.7 Å². The number of hydrogen-bond donors (Lipinski definition) is 0. The summed E-state index contributed by atoms with van der Waals surface area (Å²) in [6.45, 7) is 30.4. The molecule has 1 aromatic rings. The maximum absolute atomic E-state index is 15.4. The number of allylic oxidation sites excluding steroid dienone is 2. The highest BCUT2D eigenvalue weighted by molar-refractivity contribution is 6.30. The molecule has 4 fully saturated rings. The van der Waals surface area contributed by atoms with Crippen molar-refractivity contribution in [2.45, 2.75) is 197 Å². The summed E-state index contributed by atoms with van der Waals surface area (Å²) in [4.78, 5) is 77.4. The van der Waals surface area contributed by atoms with E-state index in [9.17, 15) is 19.2 Å². The molecule has 4 saturated carbocycles. The van der Waals surface area contributed by atoms with Crippen LogP contribution in [0, 0.1) is 55.8 Å². The Kier molecular flexibility index (Phi) is 11.9. The highest BCUT2D eigenvalue weighted by Gasteiger charge is 2.86. The second-order valence-electron chi connectivity index (χ2n) is 25.0. The molecular formula is C54H76ClN2O8+. The third-order valence-electron chi connectivity index (χ3n) is 18.1. The van der Waals surface area contributed by atoms with Gasteiger partial charge in [0.2, 0.25) is 5.41 Å². The van der Waals surface area contributed by atoms with Crippen molar-refractivity contribution in [2.24, 2.45) is 49.7 Å². The van der Waals surface area contributed by atoms with Gasteiger partial charge in [-0.25, -0.2) is 4.79 Å². The average molecular weight is 917 g/mol. The van der Waals surface area contributed by atoms with Crippen molar-refractivity contribution in [2.75, 3.05) is 6.54 Å². The fraction of sp³-hybridized carbons (Fsp3) is 0.741. The minimum atomic E-state index is -1.05. The summed E-state index contributed by atoms with van der Waals surface area (Å²) in [5, 5.41) is 0.580. The van der Waals surface area contributed by atoms with Crippen LogP contribution in [0.2, 0.25) is 5.02 Å². The van der Waals surface area contributed by atoms with Gasteiger partial charge in [0, 0.05) is 24.4 Å². The lowest BCUT2D eigenvalue weighted by molar-refractivity contribution is -0.247. The van der Waals surface area contributed by atoms with Crippen LogP contribution in [0.4, 0.5) is 4.79 Å². The Labute approximate surface area is 393 Å². The Morgan fingerprint density at radius 2 is 1.46 bits per heavy atom. The van der Waals surface area contributed by atoms with E-state index in [1.54, 1.807) is 26.0 Å². The van der Waals surface area contributed by atoms with Gasteiger partial charge in [0.05, 0.1) is 29.2 Å². The van der Waals surface area contributed by atoms with Crippen molar-refractivity contribution in [3.05, 3.63) is 50.8 Å². The maximum atomic E-state index is 15.4. The quantitative estimate of drug-likeness (QED) is 0.168. The highest BCUT2D eigenvalue weighted by Crippen LogP contribution is 2.82. The molecule has 1 aromatic carbocycles. The Balaban J connectivity index is 1.19. The molecule has 0 aromatic heterocycles. The van der Waals surface area contributed by atoms with Crippen molar-refractivity contribution in [3.63, 3.8) is 0 Å². The number of nitrogens with zero attached hydrogens (tertiary/aromatic N) is 2. The second kappa shape index (κ2) is 15.7. The Hall–Kier alpha value is -3.71. The Morgan fingerprint density at radius 3 is 2.03 bits per heavy atom. The molecule has 7 rings (SSSR count). The molecule has 11 heteroatoms. The van der Waals surface area contributed by atoms with Gasteiger partial charge in [-0.3, -0.25) is 24.1 Å². The standard InChI is InChI=1S/C54H76ClN2O8/c1-33(2)41-36(58)28-53(38(59)31-57(44(62)65-46(6,7)8)30-34-16-18-35(55)19-17-34)26-25-52(15)48(11)24-27-54-49(12,37(48)20-22-50(52,13)42(41)53)23-21-39(51(54,14)32-56-54)63-40(60)29-47(9,10)43(61)64-45(3,4)5/h16-19,33,37,39H,20-31H2,1-15H3/q+1/t37-,39-,48+,49+,50+,51+,52-,53-,54-/m0/s1. The van der Waals surface area contributed by atoms with Gasteiger partial charge in [-0.15, -0.1) is 0 Å². The summed E-state index contributed by atoms with van der Waals surface area (Å²) in [6, 6.07) is 10.7. The number of ether oxygens (including phenoxy) is 3. The third-order valence-corrected chi connectivity index (χ3v) is 18.4. The van der Waals surface area contributed by atoms with Crippen LogP contribution in [0.15, 0.2) is 35.4 Å². The van der Waals surface area contributed by atoms with Crippen molar-refractivity contribution in [1.29, 1.82) is 0 Å². The van der Waals surface area contributed by atoms with Gasteiger partial charge in [-0.05, 0) is 164 Å². The number of benzene rings is 1. The van der Waals surface area contributed by atoms with E-state index >= 15 is 4.79 Å². The summed E-state index contributed by atoms with van der Waals surface area (Å²) >= 11 is 6.22. The van der Waals surface area contributed by atoms with E-state index in [2.05, 4.69) is 54.5 Å². The predicted molar refractivity (Wildman–Crippen MR) is 252 cm³/mol. The zero-order valence-corrected chi connectivity index (χ0v) is 42.8. The van der Waals surface area contributed by atoms with Gasteiger partial charge >= 0.3 is 23.6 Å². The largest absolute Gasteiger partial charge is 0.460 e. The number of hydrogen-bond acceptors (Lipinski definition) is 8.